The van der Waals surface area contributed by atoms with Gasteiger partial charge in [0, 0.05) is 18.0 Å². The van der Waals surface area contributed by atoms with Crippen LogP contribution in [-0.2, 0) is 9.31 Å². The summed E-state index contributed by atoms with van der Waals surface area (Å²) in [4.78, 5) is 7.83. The minimum atomic E-state index is -0.354. The number of rotatable bonds is 2. The van der Waals surface area contributed by atoms with Crippen LogP contribution in [0.25, 0.3) is 6.08 Å². The van der Waals surface area contributed by atoms with Gasteiger partial charge in [-0.15, -0.1) is 0 Å². The smallest absolute Gasteiger partial charge is 0.400 e. The van der Waals surface area contributed by atoms with Gasteiger partial charge < -0.3 is 15.0 Å². The van der Waals surface area contributed by atoms with Gasteiger partial charge in [0.05, 0.1) is 11.2 Å². The first-order chi connectivity index (χ1) is 8.30. The summed E-state index contributed by atoms with van der Waals surface area (Å²) in [6, 6.07) is 0. The molecule has 1 aliphatic heterocycles. The standard InChI is InChI=1S/C12H18BN3O2/c1-11(2)12(3,4)18-13(17-11)6-5-9-7-15-10(14)16-8-9/h5-8H,1-4H3,(H2,14,15,16)/b6-5+. The molecule has 2 N–H and O–H groups in total. The number of anilines is 1. The summed E-state index contributed by atoms with van der Waals surface area (Å²) in [5, 5.41) is 0. The van der Waals surface area contributed by atoms with Gasteiger partial charge in [0.15, 0.2) is 0 Å². The van der Waals surface area contributed by atoms with Gasteiger partial charge in [-0.1, -0.05) is 12.1 Å². The van der Waals surface area contributed by atoms with Crippen molar-refractivity contribution >= 4 is 19.1 Å². The van der Waals surface area contributed by atoms with Crippen LogP contribution in [-0.4, -0.2) is 28.3 Å². The van der Waals surface area contributed by atoms with E-state index in [9.17, 15) is 0 Å². The van der Waals surface area contributed by atoms with Crippen molar-refractivity contribution in [2.24, 2.45) is 0 Å². The average Bonchev–Trinajstić information content (AvgIpc) is 2.47. The summed E-state index contributed by atoms with van der Waals surface area (Å²) in [6.07, 6.45) is 5.18. The molecule has 18 heavy (non-hydrogen) atoms. The third-order valence-corrected chi connectivity index (χ3v) is 3.41. The predicted octanol–water partition coefficient (Wildman–Crippen LogP) is 1.70. The largest absolute Gasteiger partial charge is 0.487 e. The molecule has 1 fully saturated rings. The Kier molecular flexibility index (Phi) is 3.17. The highest BCUT2D eigenvalue weighted by Gasteiger charge is 2.49. The first-order valence-electron chi connectivity index (χ1n) is 5.91. The SMILES string of the molecule is CC1(C)OB(/C=C/c2cnc(N)nc2)OC1(C)C. The Morgan fingerprint density at radius 3 is 2.11 bits per heavy atom. The van der Waals surface area contributed by atoms with Gasteiger partial charge in [0.2, 0.25) is 5.95 Å². The van der Waals surface area contributed by atoms with Crippen molar-refractivity contribution in [3.63, 3.8) is 0 Å². The lowest BCUT2D eigenvalue weighted by Crippen LogP contribution is -2.41. The van der Waals surface area contributed by atoms with Crippen LogP contribution in [0.15, 0.2) is 18.4 Å². The van der Waals surface area contributed by atoms with E-state index in [-0.39, 0.29) is 24.3 Å². The van der Waals surface area contributed by atoms with Crippen LogP contribution in [0.3, 0.4) is 0 Å². The zero-order valence-electron chi connectivity index (χ0n) is 11.2. The van der Waals surface area contributed by atoms with E-state index < -0.39 is 0 Å². The normalized spacial score (nSPS) is 21.7. The zero-order chi connectivity index (χ0) is 13.4. The Bertz CT molecular complexity index is 441. The van der Waals surface area contributed by atoms with Gasteiger partial charge in [-0.25, -0.2) is 9.97 Å². The molecule has 0 atom stereocenters. The molecule has 0 aromatic carbocycles. The van der Waals surface area contributed by atoms with E-state index in [1.807, 2.05) is 39.7 Å². The molecule has 0 unspecified atom stereocenters. The minimum Gasteiger partial charge on any atom is -0.400 e. The highest BCUT2D eigenvalue weighted by Crippen LogP contribution is 2.36. The molecular formula is C12H18BN3O2. The van der Waals surface area contributed by atoms with Crippen LogP contribution >= 0.6 is 0 Å². The lowest BCUT2D eigenvalue weighted by molar-refractivity contribution is 0.00578. The van der Waals surface area contributed by atoms with Gasteiger partial charge in [-0.2, -0.15) is 0 Å². The van der Waals surface area contributed by atoms with Crippen molar-refractivity contribution in [2.45, 2.75) is 38.9 Å². The zero-order valence-corrected chi connectivity index (χ0v) is 11.2. The van der Waals surface area contributed by atoms with Crippen LogP contribution in [0.4, 0.5) is 5.95 Å². The van der Waals surface area contributed by atoms with Crippen molar-refractivity contribution in [3.8, 4) is 0 Å². The molecular weight excluding hydrogens is 229 g/mol. The second-order valence-corrected chi connectivity index (χ2v) is 5.36. The number of hydrogen-bond acceptors (Lipinski definition) is 5. The molecule has 0 bridgehead atoms. The van der Waals surface area contributed by atoms with Crippen molar-refractivity contribution < 1.29 is 9.31 Å². The van der Waals surface area contributed by atoms with Gasteiger partial charge in [-0.3, -0.25) is 0 Å². The Morgan fingerprint density at radius 1 is 1.11 bits per heavy atom. The monoisotopic (exact) mass is 247 g/mol. The van der Waals surface area contributed by atoms with Crippen LogP contribution in [0.2, 0.25) is 0 Å². The summed E-state index contributed by atoms with van der Waals surface area (Å²) in [7, 11) is -0.354. The Balaban J connectivity index is 2.06. The van der Waals surface area contributed by atoms with Gasteiger partial charge >= 0.3 is 7.12 Å². The number of nitrogens with zero attached hydrogens (tertiary/aromatic N) is 2. The van der Waals surface area contributed by atoms with Crippen molar-refractivity contribution in [1.82, 2.24) is 9.97 Å². The topological polar surface area (TPSA) is 70.3 Å². The van der Waals surface area contributed by atoms with Crippen LogP contribution in [0.5, 0.6) is 0 Å². The Hall–Kier alpha value is -1.40. The lowest BCUT2D eigenvalue weighted by Gasteiger charge is -2.32. The molecule has 0 radical (unpaired) electrons. The maximum Gasteiger partial charge on any atom is 0.487 e. The fraction of sp³-hybridized carbons (Fsp3) is 0.500. The number of aromatic nitrogens is 2. The summed E-state index contributed by atoms with van der Waals surface area (Å²) in [5.74, 6) is 2.12. The molecule has 0 amide bonds. The number of nitrogens with two attached hydrogens (primary N) is 1. The van der Waals surface area contributed by atoms with Crippen LogP contribution < -0.4 is 5.73 Å². The number of nitrogen functional groups attached to an aromatic ring is 1. The molecule has 1 aliphatic rings. The van der Waals surface area contributed by atoms with E-state index in [0.29, 0.717) is 0 Å². The fourth-order valence-electron chi connectivity index (χ4n) is 1.59. The molecule has 1 aromatic heterocycles. The van der Waals surface area contributed by atoms with Crippen molar-refractivity contribution in [3.05, 3.63) is 23.9 Å². The van der Waals surface area contributed by atoms with Crippen LogP contribution in [0.1, 0.15) is 33.3 Å². The minimum absolute atomic E-state index is 0.266. The van der Waals surface area contributed by atoms with E-state index in [4.69, 9.17) is 15.0 Å². The molecule has 2 rings (SSSR count). The van der Waals surface area contributed by atoms with Crippen molar-refractivity contribution in [1.29, 1.82) is 0 Å². The maximum absolute atomic E-state index is 5.83. The molecule has 2 heterocycles. The first-order valence-corrected chi connectivity index (χ1v) is 5.91. The van der Waals surface area contributed by atoms with Gasteiger partial charge in [-0.05, 0) is 27.7 Å². The predicted molar refractivity (Wildman–Crippen MR) is 71.6 cm³/mol. The lowest BCUT2D eigenvalue weighted by atomic mass is 9.89. The Labute approximate surface area is 108 Å². The maximum atomic E-state index is 5.83. The van der Waals surface area contributed by atoms with Gasteiger partial charge in [0.1, 0.15) is 0 Å². The molecule has 5 nitrogen and oxygen atoms in total. The quantitative estimate of drug-likeness (QED) is 0.805. The molecule has 6 heteroatoms. The fourth-order valence-corrected chi connectivity index (χ4v) is 1.59. The molecule has 1 saturated heterocycles. The Morgan fingerprint density at radius 2 is 1.61 bits per heavy atom. The average molecular weight is 247 g/mol. The third kappa shape index (κ3) is 2.54. The number of hydrogen-bond donors (Lipinski definition) is 1. The van der Waals surface area contributed by atoms with E-state index in [0.717, 1.165) is 5.56 Å². The van der Waals surface area contributed by atoms with Gasteiger partial charge in [0.25, 0.3) is 0 Å². The molecule has 1 aromatic rings. The second-order valence-electron chi connectivity index (χ2n) is 5.36. The third-order valence-electron chi connectivity index (χ3n) is 3.41. The summed E-state index contributed by atoms with van der Waals surface area (Å²) < 4.78 is 11.7. The highest BCUT2D eigenvalue weighted by molar-refractivity contribution is 6.52. The first kappa shape index (κ1) is 13.0. The summed E-state index contributed by atoms with van der Waals surface area (Å²) in [6.45, 7) is 8.08. The van der Waals surface area contributed by atoms with Crippen molar-refractivity contribution in [2.75, 3.05) is 5.73 Å². The highest BCUT2D eigenvalue weighted by atomic mass is 16.7. The second kappa shape index (κ2) is 4.37. The molecule has 0 aliphatic carbocycles. The molecule has 96 valence electrons. The van der Waals surface area contributed by atoms with Crippen LogP contribution in [0, 0.1) is 0 Å². The summed E-state index contributed by atoms with van der Waals surface area (Å²) in [5.41, 5.74) is 5.64. The molecule has 0 saturated carbocycles. The molecule has 0 spiro atoms. The van der Waals surface area contributed by atoms with E-state index >= 15 is 0 Å². The van der Waals surface area contributed by atoms with E-state index in [1.165, 1.54) is 0 Å². The van der Waals surface area contributed by atoms with E-state index in [2.05, 4.69) is 9.97 Å². The summed E-state index contributed by atoms with van der Waals surface area (Å²) >= 11 is 0. The van der Waals surface area contributed by atoms with E-state index in [1.54, 1.807) is 12.4 Å².